The van der Waals surface area contributed by atoms with Crippen LogP contribution < -0.4 is 16.0 Å². The van der Waals surface area contributed by atoms with E-state index in [1.54, 1.807) is 0 Å². The van der Waals surface area contributed by atoms with Crippen molar-refractivity contribution >= 4 is 35.6 Å². The summed E-state index contributed by atoms with van der Waals surface area (Å²) in [5, 5.41) is 31.1. The van der Waals surface area contributed by atoms with Gasteiger partial charge in [-0.3, -0.25) is 9.59 Å². The number of ether oxygens (including phenoxy) is 4. The number of hydrogen-bond donors (Lipinski definition) is 5. The number of thioether (sulfide) groups is 1. The zero-order chi connectivity index (χ0) is 47.6. The third-order valence-electron chi connectivity index (χ3n) is 14.8. The minimum Gasteiger partial charge on any atom is -0.462 e. The van der Waals surface area contributed by atoms with Crippen LogP contribution in [0, 0.1) is 0 Å². The normalized spacial score (nSPS) is 27.0. The molecule has 14 heteroatoms. The number of carbonyl (C=O) groups is 4. The van der Waals surface area contributed by atoms with Crippen molar-refractivity contribution in [2.75, 3.05) is 12.3 Å². The van der Waals surface area contributed by atoms with Crippen molar-refractivity contribution in [3.63, 3.8) is 0 Å². The average Bonchev–Trinajstić information content (AvgIpc) is 4.16. The molecular formula is C53H91N3O10S. The Morgan fingerprint density at radius 3 is 1.90 bits per heavy atom. The maximum absolute atomic E-state index is 12.9. The monoisotopic (exact) mass is 962 g/mol. The van der Waals surface area contributed by atoms with Gasteiger partial charge in [-0.15, -0.1) is 0 Å². The van der Waals surface area contributed by atoms with Gasteiger partial charge in [-0.25, -0.2) is 9.59 Å². The molecule has 0 radical (unpaired) electrons. The first kappa shape index (κ1) is 55.5. The first-order valence-electron chi connectivity index (χ1n) is 27.3. The van der Waals surface area contributed by atoms with Gasteiger partial charge in [0.2, 0.25) is 5.91 Å². The number of nitrogens with one attached hydrogen (secondary N) is 3. The summed E-state index contributed by atoms with van der Waals surface area (Å²) in [5.74, 6) is 0.446. The van der Waals surface area contributed by atoms with Crippen LogP contribution in [0.5, 0.6) is 0 Å². The molecule has 4 saturated heterocycles. The van der Waals surface area contributed by atoms with Crippen LogP contribution in [-0.4, -0.2) is 113 Å². The molecule has 5 heterocycles. The number of fused-ring (bicyclic) bond motifs is 1. The van der Waals surface area contributed by atoms with Crippen LogP contribution in [0.2, 0.25) is 0 Å². The molecule has 5 rings (SSSR count). The molecule has 0 aromatic heterocycles. The standard InChI is InChI=1S/C53H91N3O10S/c1-3-4-5-6-7-11-14-18-25-42(57)44-30-32-46(65-44)47-33-31-45(66-47)43(58)26-19-15-12-9-8-10-13-17-24-40(36-39-35-38(2)63-52(39)61)64-50(60)29-20-16-23-34-54-49(59)28-22-21-27-48-51-41(37-67-48)55-53(62)56-51/h35,38,40-48,51,57-58H,3-34,36-37H2,1-2H3,(H,54,59)(H2,55,56,62)/t38-,40+,41-,42-,43+,44+,45+,46+,47+,48-,51-/m0/s1. The highest BCUT2D eigenvalue weighted by Gasteiger charge is 2.43. The van der Waals surface area contributed by atoms with Crippen molar-refractivity contribution in [1.82, 2.24) is 16.0 Å². The van der Waals surface area contributed by atoms with Gasteiger partial charge in [0.05, 0.1) is 48.7 Å². The van der Waals surface area contributed by atoms with Gasteiger partial charge in [-0.2, -0.15) is 11.8 Å². The van der Waals surface area contributed by atoms with Crippen molar-refractivity contribution in [2.24, 2.45) is 0 Å². The number of amides is 3. The zero-order valence-electron chi connectivity index (χ0n) is 41.5. The lowest BCUT2D eigenvalue weighted by atomic mass is 10.00. The van der Waals surface area contributed by atoms with Crippen molar-refractivity contribution in [3.05, 3.63) is 11.6 Å². The second-order valence-electron chi connectivity index (χ2n) is 20.5. The molecule has 0 aliphatic carbocycles. The lowest BCUT2D eigenvalue weighted by Crippen LogP contribution is -2.36. The Morgan fingerprint density at radius 2 is 1.30 bits per heavy atom. The molecule has 0 aromatic carbocycles. The predicted octanol–water partition coefficient (Wildman–Crippen LogP) is 9.81. The fourth-order valence-electron chi connectivity index (χ4n) is 10.8. The lowest BCUT2D eigenvalue weighted by molar-refractivity contribution is -0.150. The first-order valence-corrected chi connectivity index (χ1v) is 28.4. The molecule has 67 heavy (non-hydrogen) atoms. The summed E-state index contributed by atoms with van der Waals surface area (Å²) in [6.07, 6.45) is 31.1. The fraction of sp³-hybridized carbons (Fsp3) is 0.887. The molecule has 11 atom stereocenters. The number of aliphatic hydroxyl groups is 2. The number of cyclic esters (lactones) is 1. The number of rotatable bonds is 37. The second-order valence-corrected chi connectivity index (χ2v) is 21.8. The summed E-state index contributed by atoms with van der Waals surface area (Å²) < 4.78 is 23.9. The van der Waals surface area contributed by atoms with Crippen LogP contribution in [0.1, 0.15) is 219 Å². The van der Waals surface area contributed by atoms with E-state index in [-0.39, 0.29) is 72.6 Å². The van der Waals surface area contributed by atoms with Gasteiger partial charge in [-0.05, 0) is 90.0 Å². The summed E-state index contributed by atoms with van der Waals surface area (Å²) in [7, 11) is 0. The SMILES string of the molecule is CCCCCCCCCC[C@H](O)[C@H]1CC[C@H]([C@H]2CC[C@H]([C@H](O)CCCCCCCCCC[C@H](CC3=C[C@H](C)OC3=O)OC(=O)CCCCCNC(=O)CCCC[C@@H]3SC[C@@H]4NC(=O)N[C@@H]43)O2)O1. The highest BCUT2D eigenvalue weighted by molar-refractivity contribution is 8.00. The van der Waals surface area contributed by atoms with E-state index in [0.717, 1.165) is 134 Å². The quantitative estimate of drug-likeness (QED) is 0.0227. The summed E-state index contributed by atoms with van der Waals surface area (Å²) >= 11 is 1.90. The van der Waals surface area contributed by atoms with Crippen molar-refractivity contribution in [1.29, 1.82) is 0 Å². The molecule has 384 valence electrons. The van der Waals surface area contributed by atoms with Crippen LogP contribution in [-0.2, 0) is 33.3 Å². The number of unbranched alkanes of at least 4 members (excludes halogenated alkanes) is 17. The van der Waals surface area contributed by atoms with Gasteiger partial charge >= 0.3 is 18.0 Å². The number of esters is 2. The van der Waals surface area contributed by atoms with Gasteiger partial charge in [0.15, 0.2) is 0 Å². The third-order valence-corrected chi connectivity index (χ3v) is 16.3. The minimum absolute atomic E-state index is 0.0195. The lowest BCUT2D eigenvalue weighted by Gasteiger charge is -2.24. The third kappa shape index (κ3) is 20.9. The molecule has 3 amide bonds. The zero-order valence-corrected chi connectivity index (χ0v) is 42.4. The first-order chi connectivity index (χ1) is 32.6. The maximum atomic E-state index is 12.9. The molecule has 5 aliphatic rings. The molecular weight excluding hydrogens is 871 g/mol. The molecule has 5 N–H and O–H groups in total. The average molecular weight is 962 g/mol. The summed E-state index contributed by atoms with van der Waals surface area (Å²) in [5.41, 5.74) is 0.590. The van der Waals surface area contributed by atoms with Crippen LogP contribution in [0.25, 0.3) is 0 Å². The van der Waals surface area contributed by atoms with E-state index >= 15 is 0 Å². The Hall–Kier alpha value is -2.39. The predicted molar refractivity (Wildman–Crippen MR) is 265 cm³/mol. The van der Waals surface area contributed by atoms with Crippen LogP contribution in [0.4, 0.5) is 4.79 Å². The Balaban J connectivity index is 0.838. The summed E-state index contributed by atoms with van der Waals surface area (Å²) in [6.45, 7) is 4.68. The highest BCUT2D eigenvalue weighted by Crippen LogP contribution is 2.36. The largest absolute Gasteiger partial charge is 0.462 e. The van der Waals surface area contributed by atoms with Gasteiger partial charge in [0.25, 0.3) is 0 Å². The van der Waals surface area contributed by atoms with Crippen LogP contribution in [0.15, 0.2) is 11.6 Å². The van der Waals surface area contributed by atoms with E-state index in [1.165, 1.54) is 44.9 Å². The maximum Gasteiger partial charge on any atom is 0.334 e. The molecule has 13 nitrogen and oxygen atoms in total. The number of hydrogen-bond acceptors (Lipinski definition) is 11. The number of aliphatic hydroxyl groups excluding tert-OH is 2. The topological polar surface area (TPSA) is 182 Å². The number of carbonyl (C=O) groups excluding carboxylic acids is 4. The minimum atomic E-state index is -0.444. The van der Waals surface area contributed by atoms with Crippen LogP contribution >= 0.6 is 11.8 Å². The smallest absolute Gasteiger partial charge is 0.334 e. The van der Waals surface area contributed by atoms with Gasteiger partial charge < -0.3 is 45.1 Å². The van der Waals surface area contributed by atoms with E-state index in [1.807, 2.05) is 24.8 Å². The molecule has 5 aliphatic heterocycles. The van der Waals surface area contributed by atoms with E-state index in [0.29, 0.717) is 49.5 Å². The highest BCUT2D eigenvalue weighted by atomic mass is 32.2. The van der Waals surface area contributed by atoms with Crippen molar-refractivity contribution in [2.45, 2.75) is 285 Å². The molecule has 4 fully saturated rings. The molecule has 0 saturated carbocycles. The van der Waals surface area contributed by atoms with Crippen molar-refractivity contribution in [3.8, 4) is 0 Å². The number of urea groups is 1. The van der Waals surface area contributed by atoms with E-state index in [9.17, 15) is 29.4 Å². The van der Waals surface area contributed by atoms with E-state index in [4.69, 9.17) is 18.9 Å². The molecule has 0 bridgehead atoms. The molecule has 0 unspecified atom stereocenters. The van der Waals surface area contributed by atoms with E-state index < -0.39 is 12.2 Å². The Kier molecular flexibility index (Phi) is 26.3. The fourth-order valence-corrected chi connectivity index (χ4v) is 12.3. The Bertz CT molecular complexity index is 1490. The Morgan fingerprint density at radius 1 is 0.731 bits per heavy atom. The molecule has 0 spiro atoms. The summed E-state index contributed by atoms with van der Waals surface area (Å²) in [6, 6.07) is 0.364. The second kappa shape index (κ2) is 31.8. The Labute approximate surface area is 407 Å². The molecule has 0 aromatic rings. The summed E-state index contributed by atoms with van der Waals surface area (Å²) in [4.78, 5) is 49.2. The van der Waals surface area contributed by atoms with Gasteiger partial charge in [0, 0.05) is 42.4 Å². The van der Waals surface area contributed by atoms with Crippen LogP contribution in [0.3, 0.4) is 0 Å². The van der Waals surface area contributed by atoms with Gasteiger partial charge in [0.1, 0.15) is 12.2 Å². The van der Waals surface area contributed by atoms with Gasteiger partial charge in [-0.1, -0.05) is 116 Å². The van der Waals surface area contributed by atoms with Crippen molar-refractivity contribution < 1.29 is 48.3 Å². The van der Waals surface area contributed by atoms with E-state index in [2.05, 4.69) is 22.9 Å².